The first-order valence-electron chi connectivity index (χ1n) is 7.19. The van der Waals surface area contributed by atoms with Crippen molar-refractivity contribution in [1.82, 2.24) is 5.32 Å². The van der Waals surface area contributed by atoms with Crippen LogP contribution in [0.2, 0.25) is 0 Å². The summed E-state index contributed by atoms with van der Waals surface area (Å²) < 4.78 is 11.1. The Balaban J connectivity index is 2.16. The molecule has 0 saturated heterocycles. The Morgan fingerprint density at radius 3 is 2.55 bits per heavy atom. The first-order valence-corrected chi connectivity index (χ1v) is 8.41. The smallest absolute Gasteiger partial charge is 0.319 e. The molecule has 1 aliphatic heterocycles. The summed E-state index contributed by atoms with van der Waals surface area (Å²) in [4.78, 5) is 13.1. The summed E-state index contributed by atoms with van der Waals surface area (Å²) in [5, 5.41) is 15.0. The molecule has 1 aromatic rings. The maximum atomic E-state index is 12.2. The molecular weight excluding hydrogens is 304 g/mol. The Kier molecular flexibility index (Phi) is 5.42. The van der Waals surface area contributed by atoms with Gasteiger partial charge in [-0.15, -0.1) is 11.8 Å². The van der Waals surface area contributed by atoms with Gasteiger partial charge in [-0.25, -0.2) is 4.79 Å². The van der Waals surface area contributed by atoms with Crippen LogP contribution in [-0.4, -0.2) is 42.8 Å². The molecule has 0 saturated carbocycles. The molecule has 1 aromatic carbocycles. The first kappa shape index (κ1) is 16.8. The fraction of sp³-hybridized carbons (Fsp3) is 0.533. The van der Waals surface area contributed by atoms with Crippen LogP contribution < -0.4 is 20.1 Å². The summed E-state index contributed by atoms with van der Waals surface area (Å²) in [6.45, 7) is 4.61. The Labute approximate surface area is 134 Å². The normalized spacial score (nSPS) is 15.8. The number of hydrogen-bond donors (Lipinski definition) is 3. The quantitative estimate of drug-likeness (QED) is 0.724. The second kappa shape index (κ2) is 7.11. The van der Waals surface area contributed by atoms with Gasteiger partial charge in [-0.1, -0.05) is 6.92 Å². The number of ether oxygens (including phenoxy) is 2. The standard InChI is InChI=1S/C15H22N2O4S/c1-4-15(2,9-18)17-14(19)16-10-7-11-12(8-13(10)22-3)21-6-5-20-11/h7-8,18H,4-6,9H2,1-3H3,(H2,16,17,19)/t15-/m1/s1. The predicted molar refractivity (Wildman–Crippen MR) is 87.1 cm³/mol. The van der Waals surface area contributed by atoms with Crippen LogP contribution in [0.15, 0.2) is 17.0 Å². The van der Waals surface area contributed by atoms with Gasteiger partial charge in [0.1, 0.15) is 13.2 Å². The molecule has 7 heteroatoms. The minimum absolute atomic E-state index is 0.118. The summed E-state index contributed by atoms with van der Waals surface area (Å²) in [7, 11) is 0. The number of fused-ring (bicyclic) bond motifs is 1. The lowest BCUT2D eigenvalue weighted by Crippen LogP contribution is -2.50. The van der Waals surface area contributed by atoms with Crippen LogP contribution in [0.25, 0.3) is 0 Å². The number of benzene rings is 1. The van der Waals surface area contributed by atoms with Crippen LogP contribution in [0.1, 0.15) is 20.3 Å². The van der Waals surface area contributed by atoms with Crippen LogP contribution in [0.3, 0.4) is 0 Å². The molecule has 2 amide bonds. The van der Waals surface area contributed by atoms with Crippen molar-refractivity contribution < 1.29 is 19.4 Å². The van der Waals surface area contributed by atoms with E-state index in [1.165, 1.54) is 11.8 Å². The van der Waals surface area contributed by atoms with E-state index in [4.69, 9.17) is 9.47 Å². The number of carbonyl (C=O) groups is 1. The van der Waals surface area contributed by atoms with Crippen LogP contribution in [-0.2, 0) is 0 Å². The van der Waals surface area contributed by atoms with Gasteiger partial charge in [0.05, 0.1) is 17.8 Å². The molecule has 1 heterocycles. The van der Waals surface area contributed by atoms with Crippen molar-refractivity contribution in [1.29, 1.82) is 0 Å². The van der Waals surface area contributed by atoms with Crippen molar-refractivity contribution in [2.75, 3.05) is 31.4 Å². The molecule has 0 bridgehead atoms. The minimum Gasteiger partial charge on any atom is -0.486 e. The van der Waals surface area contributed by atoms with Gasteiger partial charge in [0.2, 0.25) is 0 Å². The molecular formula is C15H22N2O4S. The number of urea groups is 1. The van der Waals surface area contributed by atoms with Gasteiger partial charge in [0.25, 0.3) is 0 Å². The number of hydrogen-bond acceptors (Lipinski definition) is 5. The SMILES string of the molecule is CC[C@](C)(CO)NC(=O)Nc1cc2c(cc1SC)OCCO2. The third-order valence-electron chi connectivity index (χ3n) is 3.66. The zero-order chi connectivity index (χ0) is 16.2. The zero-order valence-electron chi connectivity index (χ0n) is 13.1. The lowest BCUT2D eigenvalue weighted by Gasteiger charge is -2.27. The number of rotatable bonds is 5. The number of carbonyl (C=O) groups excluding carboxylic acids is 1. The summed E-state index contributed by atoms with van der Waals surface area (Å²) in [5.74, 6) is 1.31. The average molecular weight is 326 g/mol. The van der Waals surface area contributed by atoms with Gasteiger partial charge < -0.3 is 25.2 Å². The lowest BCUT2D eigenvalue weighted by atomic mass is 10.0. The Morgan fingerprint density at radius 1 is 1.36 bits per heavy atom. The van der Waals surface area contributed by atoms with E-state index in [1.807, 2.05) is 19.2 Å². The molecule has 0 radical (unpaired) electrons. The maximum Gasteiger partial charge on any atom is 0.319 e. The molecule has 1 aliphatic rings. The van der Waals surface area contributed by atoms with Crippen molar-refractivity contribution in [2.45, 2.75) is 30.7 Å². The molecule has 6 nitrogen and oxygen atoms in total. The molecule has 122 valence electrons. The molecule has 0 unspecified atom stereocenters. The maximum absolute atomic E-state index is 12.2. The third kappa shape index (κ3) is 3.78. The number of thioether (sulfide) groups is 1. The van der Waals surface area contributed by atoms with E-state index in [2.05, 4.69) is 10.6 Å². The molecule has 0 spiro atoms. The highest BCUT2D eigenvalue weighted by atomic mass is 32.2. The summed E-state index contributed by atoms with van der Waals surface area (Å²) >= 11 is 1.51. The van der Waals surface area contributed by atoms with E-state index in [9.17, 15) is 9.90 Å². The van der Waals surface area contributed by atoms with E-state index in [0.29, 0.717) is 36.8 Å². The fourth-order valence-corrected chi connectivity index (χ4v) is 2.56. The second-order valence-corrected chi connectivity index (χ2v) is 6.20. The Hall–Kier alpha value is -1.60. The lowest BCUT2D eigenvalue weighted by molar-refractivity contribution is 0.170. The van der Waals surface area contributed by atoms with Crippen LogP contribution in [0, 0.1) is 0 Å². The van der Waals surface area contributed by atoms with E-state index in [0.717, 1.165) is 4.90 Å². The molecule has 22 heavy (non-hydrogen) atoms. The molecule has 0 fully saturated rings. The van der Waals surface area contributed by atoms with Crippen molar-refractivity contribution in [3.63, 3.8) is 0 Å². The van der Waals surface area contributed by atoms with Gasteiger partial charge in [0, 0.05) is 11.0 Å². The van der Waals surface area contributed by atoms with E-state index >= 15 is 0 Å². The molecule has 2 rings (SSSR count). The minimum atomic E-state index is -0.641. The molecule has 3 N–H and O–H groups in total. The van der Waals surface area contributed by atoms with Crippen LogP contribution in [0.5, 0.6) is 11.5 Å². The second-order valence-electron chi connectivity index (χ2n) is 5.35. The van der Waals surface area contributed by atoms with E-state index < -0.39 is 5.54 Å². The summed E-state index contributed by atoms with van der Waals surface area (Å²) in [6.07, 6.45) is 2.56. The number of aliphatic hydroxyl groups excluding tert-OH is 1. The number of aliphatic hydroxyl groups is 1. The first-order chi connectivity index (χ1) is 10.5. The van der Waals surface area contributed by atoms with E-state index in [1.54, 1.807) is 13.0 Å². The summed E-state index contributed by atoms with van der Waals surface area (Å²) in [5.41, 5.74) is 0.0166. The Bertz CT molecular complexity index is 547. The zero-order valence-corrected chi connectivity index (χ0v) is 13.9. The molecule has 0 aromatic heterocycles. The van der Waals surface area contributed by atoms with Crippen LogP contribution >= 0.6 is 11.8 Å². The number of anilines is 1. The monoisotopic (exact) mass is 326 g/mol. The van der Waals surface area contributed by atoms with Crippen molar-refractivity contribution in [3.8, 4) is 11.5 Å². The van der Waals surface area contributed by atoms with Gasteiger partial charge in [-0.2, -0.15) is 0 Å². The molecule has 0 aliphatic carbocycles. The summed E-state index contributed by atoms with van der Waals surface area (Å²) in [6, 6.07) is 3.27. The highest BCUT2D eigenvalue weighted by molar-refractivity contribution is 7.98. The molecule has 1 atom stereocenters. The van der Waals surface area contributed by atoms with Crippen molar-refractivity contribution in [2.24, 2.45) is 0 Å². The average Bonchev–Trinajstić information content (AvgIpc) is 2.53. The largest absolute Gasteiger partial charge is 0.486 e. The Morgan fingerprint density at radius 2 is 2.00 bits per heavy atom. The van der Waals surface area contributed by atoms with Gasteiger partial charge in [-0.05, 0) is 25.7 Å². The highest BCUT2D eigenvalue weighted by Crippen LogP contribution is 2.39. The highest BCUT2D eigenvalue weighted by Gasteiger charge is 2.24. The topological polar surface area (TPSA) is 79.8 Å². The van der Waals surface area contributed by atoms with Crippen LogP contribution in [0.4, 0.5) is 10.5 Å². The van der Waals surface area contributed by atoms with E-state index in [-0.39, 0.29) is 12.6 Å². The number of nitrogens with one attached hydrogen (secondary N) is 2. The van der Waals surface area contributed by atoms with Crippen molar-refractivity contribution in [3.05, 3.63) is 12.1 Å². The number of amides is 2. The van der Waals surface area contributed by atoms with Gasteiger partial charge in [-0.3, -0.25) is 0 Å². The fourth-order valence-electron chi connectivity index (χ4n) is 2.00. The van der Waals surface area contributed by atoms with Gasteiger partial charge in [0.15, 0.2) is 11.5 Å². The predicted octanol–water partition coefficient (Wildman–Crippen LogP) is 2.46. The third-order valence-corrected chi connectivity index (χ3v) is 4.43. The van der Waals surface area contributed by atoms with Gasteiger partial charge >= 0.3 is 6.03 Å². The van der Waals surface area contributed by atoms with Crippen molar-refractivity contribution >= 4 is 23.5 Å².